The maximum absolute atomic E-state index is 12.4. The van der Waals surface area contributed by atoms with Gasteiger partial charge in [-0.25, -0.2) is 4.79 Å². The van der Waals surface area contributed by atoms with Gasteiger partial charge in [-0.05, 0) is 29.4 Å². The van der Waals surface area contributed by atoms with Crippen molar-refractivity contribution in [2.75, 3.05) is 13.7 Å². The molecule has 0 aliphatic heterocycles. The van der Waals surface area contributed by atoms with Crippen molar-refractivity contribution in [2.24, 2.45) is 0 Å². The largest absolute Gasteiger partial charge is 0.467 e. The van der Waals surface area contributed by atoms with Crippen molar-refractivity contribution in [3.8, 4) is 12.3 Å². The summed E-state index contributed by atoms with van der Waals surface area (Å²) < 4.78 is 5.05. The van der Waals surface area contributed by atoms with Crippen LogP contribution in [0.5, 0.6) is 0 Å². The zero-order chi connectivity index (χ0) is 14.8. The standard InChI is InChI=1S/C17H21NO2/c1-5-12-18-17(15(19)20-4)11-10-16(2,3)13-8-6-7-9-14(13)17/h1,6-9,18H,10-12H2,2-4H3. The number of rotatable bonds is 3. The molecule has 0 amide bonds. The fraction of sp³-hybridized carbons (Fsp3) is 0.471. The lowest BCUT2D eigenvalue weighted by molar-refractivity contribution is -0.150. The first-order chi connectivity index (χ1) is 9.48. The van der Waals surface area contributed by atoms with Crippen LogP contribution in [-0.4, -0.2) is 19.6 Å². The second kappa shape index (κ2) is 5.30. The molecule has 0 radical (unpaired) electrons. The van der Waals surface area contributed by atoms with Gasteiger partial charge in [0, 0.05) is 0 Å². The van der Waals surface area contributed by atoms with Crippen LogP contribution in [0.4, 0.5) is 0 Å². The predicted octanol–water partition coefficient (Wildman–Crippen LogP) is 2.35. The van der Waals surface area contributed by atoms with Gasteiger partial charge in [-0.2, -0.15) is 0 Å². The summed E-state index contributed by atoms with van der Waals surface area (Å²) in [6, 6.07) is 8.05. The minimum Gasteiger partial charge on any atom is -0.467 e. The zero-order valence-electron chi connectivity index (χ0n) is 12.3. The number of hydrogen-bond acceptors (Lipinski definition) is 3. The molecular formula is C17H21NO2. The maximum atomic E-state index is 12.4. The van der Waals surface area contributed by atoms with E-state index in [-0.39, 0.29) is 11.4 Å². The third kappa shape index (κ3) is 2.21. The number of benzene rings is 1. The van der Waals surface area contributed by atoms with Crippen LogP contribution in [0.3, 0.4) is 0 Å². The van der Waals surface area contributed by atoms with E-state index in [1.54, 1.807) is 0 Å². The van der Waals surface area contributed by atoms with E-state index in [1.165, 1.54) is 12.7 Å². The molecule has 0 bridgehead atoms. The van der Waals surface area contributed by atoms with E-state index in [2.05, 4.69) is 31.2 Å². The number of terminal acetylenes is 1. The van der Waals surface area contributed by atoms with Crippen molar-refractivity contribution in [1.82, 2.24) is 5.32 Å². The van der Waals surface area contributed by atoms with E-state index >= 15 is 0 Å². The van der Waals surface area contributed by atoms with E-state index in [0.717, 1.165) is 12.0 Å². The molecular weight excluding hydrogens is 250 g/mol. The van der Waals surface area contributed by atoms with Gasteiger partial charge in [0.15, 0.2) is 0 Å². The number of ether oxygens (including phenoxy) is 1. The molecule has 0 heterocycles. The third-order valence-corrected chi connectivity index (χ3v) is 4.27. The molecule has 0 spiro atoms. The molecule has 20 heavy (non-hydrogen) atoms. The normalized spacial score (nSPS) is 23.5. The number of esters is 1. The molecule has 1 aromatic carbocycles. The van der Waals surface area contributed by atoms with E-state index in [9.17, 15) is 4.79 Å². The second-order valence-electron chi connectivity index (χ2n) is 5.88. The average molecular weight is 271 g/mol. The van der Waals surface area contributed by atoms with E-state index in [1.807, 2.05) is 18.2 Å². The molecule has 3 nitrogen and oxygen atoms in total. The monoisotopic (exact) mass is 271 g/mol. The van der Waals surface area contributed by atoms with Crippen LogP contribution in [0.2, 0.25) is 0 Å². The first-order valence-electron chi connectivity index (χ1n) is 6.85. The van der Waals surface area contributed by atoms with Crippen molar-refractivity contribution in [1.29, 1.82) is 0 Å². The first-order valence-corrected chi connectivity index (χ1v) is 6.85. The highest BCUT2D eigenvalue weighted by Crippen LogP contribution is 2.45. The fourth-order valence-corrected chi connectivity index (χ4v) is 3.06. The molecule has 0 saturated carbocycles. The van der Waals surface area contributed by atoms with Crippen LogP contribution in [0.15, 0.2) is 24.3 Å². The van der Waals surface area contributed by atoms with Crippen molar-refractivity contribution in [2.45, 2.75) is 37.6 Å². The minimum atomic E-state index is -0.826. The Hall–Kier alpha value is -1.79. The lowest BCUT2D eigenvalue weighted by Gasteiger charge is -2.43. The molecule has 1 atom stereocenters. The first kappa shape index (κ1) is 14.6. The summed E-state index contributed by atoms with van der Waals surface area (Å²) in [4.78, 5) is 12.4. The van der Waals surface area contributed by atoms with E-state index in [0.29, 0.717) is 13.0 Å². The molecule has 0 fully saturated rings. The molecule has 1 aromatic rings. The number of methoxy groups -OCH3 is 1. The molecule has 1 unspecified atom stereocenters. The van der Waals surface area contributed by atoms with Crippen molar-refractivity contribution in [3.05, 3.63) is 35.4 Å². The molecule has 0 saturated heterocycles. The molecule has 1 aliphatic rings. The Labute approximate surface area is 120 Å². The Bertz CT molecular complexity index is 556. The topological polar surface area (TPSA) is 38.3 Å². The second-order valence-corrected chi connectivity index (χ2v) is 5.88. The van der Waals surface area contributed by atoms with Gasteiger partial charge in [0.25, 0.3) is 0 Å². The summed E-state index contributed by atoms with van der Waals surface area (Å²) >= 11 is 0. The summed E-state index contributed by atoms with van der Waals surface area (Å²) in [5.74, 6) is 2.28. The SMILES string of the molecule is C#CCNC1(C(=O)OC)CCC(C)(C)c2ccccc21. The van der Waals surface area contributed by atoms with Crippen LogP contribution in [0.1, 0.15) is 37.8 Å². The Morgan fingerprint density at radius 3 is 2.60 bits per heavy atom. The number of carbonyl (C=O) groups excluding carboxylic acids is 1. The van der Waals surface area contributed by atoms with Gasteiger partial charge in [-0.15, -0.1) is 6.42 Å². The minimum absolute atomic E-state index is 0.0476. The smallest absolute Gasteiger partial charge is 0.330 e. The van der Waals surface area contributed by atoms with Crippen LogP contribution >= 0.6 is 0 Å². The predicted molar refractivity (Wildman–Crippen MR) is 79.2 cm³/mol. The highest BCUT2D eigenvalue weighted by molar-refractivity contribution is 5.84. The quantitative estimate of drug-likeness (QED) is 0.677. The number of hydrogen-bond donors (Lipinski definition) is 1. The summed E-state index contributed by atoms with van der Waals surface area (Å²) in [5.41, 5.74) is 1.39. The van der Waals surface area contributed by atoms with E-state index < -0.39 is 5.54 Å². The molecule has 2 rings (SSSR count). The van der Waals surface area contributed by atoms with Crippen LogP contribution < -0.4 is 5.32 Å². The maximum Gasteiger partial charge on any atom is 0.330 e. The third-order valence-electron chi connectivity index (χ3n) is 4.27. The Morgan fingerprint density at radius 1 is 1.35 bits per heavy atom. The molecule has 1 N–H and O–H groups in total. The van der Waals surface area contributed by atoms with Gasteiger partial charge in [-0.1, -0.05) is 44.0 Å². The van der Waals surface area contributed by atoms with E-state index in [4.69, 9.17) is 11.2 Å². The lowest BCUT2D eigenvalue weighted by Crippen LogP contribution is -2.54. The Morgan fingerprint density at radius 2 is 2.00 bits per heavy atom. The van der Waals surface area contributed by atoms with Gasteiger partial charge in [-0.3, -0.25) is 5.32 Å². The number of nitrogens with one attached hydrogen (secondary N) is 1. The van der Waals surface area contributed by atoms with Crippen LogP contribution in [-0.2, 0) is 20.5 Å². The van der Waals surface area contributed by atoms with Gasteiger partial charge in [0.2, 0.25) is 0 Å². The van der Waals surface area contributed by atoms with Crippen LogP contribution in [0, 0.1) is 12.3 Å². The van der Waals surface area contributed by atoms with Crippen molar-refractivity contribution < 1.29 is 9.53 Å². The number of fused-ring (bicyclic) bond motifs is 1. The van der Waals surface area contributed by atoms with Crippen LogP contribution in [0.25, 0.3) is 0 Å². The highest BCUT2D eigenvalue weighted by Gasteiger charge is 2.48. The molecule has 106 valence electrons. The van der Waals surface area contributed by atoms with Gasteiger partial charge in [0.1, 0.15) is 5.54 Å². The average Bonchev–Trinajstić information content (AvgIpc) is 2.46. The lowest BCUT2D eigenvalue weighted by atomic mass is 9.65. The van der Waals surface area contributed by atoms with Crippen molar-refractivity contribution >= 4 is 5.97 Å². The number of carbonyl (C=O) groups is 1. The zero-order valence-corrected chi connectivity index (χ0v) is 12.3. The summed E-state index contributed by atoms with van der Waals surface area (Å²) in [7, 11) is 1.42. The summed E-state index contributed by atoms with van der Waals surface area (Å²) in [6.07, 6.45) is 6.94. The van der Waals surface area contributed by atoms with Crippen molar-refractivity contribution in [3.63, 3.8) is 0 Å². The Kier molecular flexibility index (Phi) is 3.87. The summed E-state index contributed by atoms with van der Waals surface area (Å²) in [5, 5.41) is 3.22. The highest BCUT2D eigenvalue weighted by atomic mass is 16.5. The molecule has 0 aromatic heterocycles. The van der Waals surface area contributed by atoms with Gasteiger partial charge < -0.3 is 4.74 Å². The van der Waals surface area contributed by atoms with Gasteiger partial charge >= 0.3 is 5.97 Å². The van der Waals surface area contributed by atoms with Gasteiger partial charge in [0.05, 0.1) is 13.7 Å². The molecule has 1 aliphatic carbocycles. The summed E-state index contributed by atoms with van der Waals surface area (Å²) in [6.45, 7) is 4.74. The molecule has 3 heteroatoms. The fourth-order valence-electron chi connectivity index (χ4n) is 3.06. The Balaban J connectivity index is 2.59.